The lowest BCUT2D eigenvalue weighted by molar-refractivity contribution is 0.0466. The number of benzene rings is 1. The topological polar surface area (TPSA) is 51.3 Å². The Morgan fingerprint density at radius 1 is 1.39 bits per heavy atom. The van der Waals surface area contributed by atoms with E-state index in [9.17, 15) is 4.79 Å². The monoisotopic (exact) mass is 309 g/mol. The van der Waals surface area contributed by atoms with Crippen LogP contribution in [0.5, 0.6) is 5.75 Å². The Morgan fingerprint density at radius 2 is 2.22 bits per heavy atom. The molecular weight excluding hydrogens is 298 g/mol. The Hall–Kier alpha value is -1.75. The standard InChI is InChI=1S/C13H12BrNO3/c1-17-12-5-4-9(7-10(12)14)8-18-13(16)11-3-2-6-15-11/h2-7,15H,8H2,1H3. The maximum absolute atomic E-state index is 11.6. The van der Waals surface area contributed by atoms with E-state index in [1.165, 1.54) is 0 Å². The molecule has 1 aromatic heterocycles. The lowest BCUT2D eigenvalue weighted by atomic mass is 10.2. The zero-order chi connectivity index (χ0) is 13.0. The smallest absolute Gasteiger partial charge is 0.355 e. The lowest BCUT2D eigenvalue weighted by Gasteiger charge is -2.07. The van der Waals surface area contributed by atoms with Gasteiger partial charge in [0.1, 0.15) is 18.1 Å². The number of ether oxygens (including phenoxy) is 2. The minimum atomic E-state index is -0.369. The van der Waals surface area contributed by atoms with Gasteiger partial charge in [0.2, 0.25) is 0 Å². The van der Waals surface area contributed by atoms with Crippen molar-refractivity contribution in [2.45, 2.75) is 6.61 Å². The van der Waals surface area contributed by atoms with Crippen LogP contribution in [0.2, 0.25) is 0 Å². The summed E-state index contributed by atoms with van der Waals surface area (Å²) < 4.78 is 11.1. The SMILES string of the molecule is COc1ccc(COC(=O)c2ccc[nH]2)cc1Br. The third-order valence-electron chi connectivity index (χ3n) is 2.40. The predicted octanol–water partition coefficient (Wildman–Crippen LogP) is 3.14. The normalized spacial score (nSPS) is 10.1. The number of H-pyrrole nitrogens is 1. The number of hydrogen-bond acceptors (Lipinski definition) is 3. The molecule has 0 aliphatic heterocycles. The molecule has 0 atom stereocenters. The highest BCUT2D eigenvalue weighted by Gasteiger charge is 2.08. The van der Waals surface area contributed by atoms with Crippen molar-refractivity contribution in [1.82, 2.24) is 4.98 Å². The van der Waals surface area contributed by atoms with Gasteiger partial charge in [0.05, 0.1) is 11.6 Å². The Kier molecular flexibility index (Phi) is 4.04. The molecule has 0 unspecified atom stereocenters. The van der Waals surface area contributed by atoms with Gasteiger partial charge in [-0.3, -0.25) is 0 Å². The first-order valence-electron chi connectivity index (χ1n) is 5.33. The van der Waals surface area contributed by atoms with Crippen molar-refractivity contribution in [3.8, 4) is 5.75 Å². The number of carbonyl (C=O) groups excluding carboxylic acids is 1. The molecule has 1 N–H and O–H groups in total. The summed E-state index contributed by atoms with van der Waals surface area (Å²) >= 11 is 3.38. The summed E-state index contributed by atoms with van der Waals surface area (Å²) in [4.78, 5) is 14.4. The fourth-order valence-corrected chi connectivity index (χ4v) is 2.07. The van der Waals surface area contributed by atoms with Crippen LogP contribution >= 0.6 is 15.9 Å². The second-order valence-electron chi connectivity index (χ2n) is 3.63. The molecule has 2 rings (SSSR count). The highest BCUT2D eigenvalue weighted by molar-refractivity contribution is 9.10. The Balaban J connectivity index is 1.98. The van der Waals surface area contributed by atoms with Crippen LogP contribution in [-0.4, -0.2) is 18.1 Å². The van der Waals surface area contributed by atoms with Gasteiger partial charge in [-0.2, -0.15) is 0 Å². The minimum Gasteiger partial charge on any atom is -0.496 e. The van der Waals surface area contributed by atoms with Gasteiger partial charge in [0, 0.05) is 6.20 Å². The molecule has 4 nitrogen and oxygen atoms in total. The van der Waals surface area contributed by atoms with Crippen molar-refractivity contribution in [3.63, 3.8) is 0 Å². The van der Waals surface area contributed by atoms with Crippen molar-refractivity contribution in [2.24, 2.45) is 0 Å². The van der Waals surface area contributed by atoms with E-state index >= 15 is 0 Å². The lowest BCUT2D eigenvalue weighted by Crippen LogP contribution is -2.05. The summed E-state index contributed by atoms with van der Waals surface area (Å²) in [7, 11) is 1.60. The van der Waals surface area contributed by atoms with Crippen molar-refractivity contribution >= 4 is 21.9 Å². The summed E-state index contributed by atoms with van der Waals surface area (Å²) in [5.74, 6) is 0.376. The summed E-state index contributed by atoms with van der Waals surface area (Å²) in [5.41, 5.74) is 1.34. The molecule has 0 saturated carbocycles. The van der Waals surface area contributed by atoms with Crippen LogP contribution in [0, 0.1) is 0 Å². The van der Waals surface area contributed by atoms with Crippen molar-refractivity contribution in [2.75, 3.05) is 7.11 Å². The second kappa shape index (κ2) is 5.73. The van der Waals surface area contributed by atoms with Gasteiger partial charge in [-0.25, -0.2) is 4.79 Å². The van der Waals surface area contributed by atoms with Crippen LogP contribution in [0.3, 0.4) is 0 Å². The average molecular weight is 310 g/mol. The van der Waals surface area contributed by atoms with Gasteiger partial charge in [-0.1, -0.05) is 6.07 Å². The first kappa shape index (κ1) is 12.7. The zero-order valence-electron chi connectivity index (χ0n) is 9.77. The molecule has 0 spiro atoms. The number of hydrogen-bond donors (Lipinski definition) is 1. The number of nitrogens with one attached hydrogen (secondary N) is 1. The van der Waals surface area contributed by atoms with E-state index in [4.69, 9.17) is 9.47 Å². The number of carbonyl (C=O) groups is 1. The molecule has 0 bridgehead atoms. The van der Waals surface area contributed by atoms with Crippen molar-refractivity contribution in [3.05, 3.63) is 52.3 Å². The van der Waals surface area contributed by atoms with Crippen LogP contribution in [0.1, 0.15) is 16.1 Å². The van der Waals surface area contributed by atoms with E-state index in [0.717, 1.165) is 15.8 Å². The van der Waals surface area contributed by atoms with E-state index in [2.05, 4.69) is 20.9 Å². The highest BCUT2D eigenvalue weighted by atomic mass is 79.9. The number of rotatable bonds is 4. The van der Waals surface area contributed by atoms with E-state index < -0.39 is 0 Å². The number of halogens is 1. The largest absolute Gasteiger partial charge is 0.496 e. The van der Waals surface area contributed by atoms with Gasteiger partial charge in [-0.05, 0) is 45.8 Å². The van der Waals surface area contributed by atoms with Crippen molar-refractivity contribution in [1.29, 1.82) is 0 Å². The fourth-order valence-electron chi connectivity index (χ4n) is 1.48. The van der Waals surface area contributed by atoms with Gasteiger partial charge in [-0.15, -0.1) is 0 Å². The van der Waals surface area contributed by atoms with Gasteiger partial charge < -0.3 is 14.5 Å². The molecule has 0 saturated heterocycles. The number of esters is 1. The first-order valence-corrected chi connectivity index (χ1v) is 6.13. The highest BCUT2D eigenvalue weighted by Crippen LogP contribution is 2.25. The van der Waals surface area contributed by atoms with Crippen LogP contribution in [0.15, 0.2) is 41.0 Å². The van der Waals surface area contributed by atoms with Gasteiger partial charge >= 0.3 is 5.97 Å². The molecule has 2 aromatic rings. The molecule has 0 fully saturated rings. The van der Waals surface area contributed by atoms with E-state index in [1.807, 2.05) is 18.2 Å². The van der Waals surface area contributed by atoms with Gasteiger partial charge in [0.25, 0.3) is 0 Å². The summed E-state index contributed by atoms with van der Waals surface area (Å²) in [6.07, 6.45) is 1.68. The van der Waals surface area contributed by atoms with E-state index in [-0.39, 0.29) is 12.6 Å². The maximum Gasteiger partial charge on any atom is 0.355 e. The molecule has 0 aliphatic rings. The first-order chi connectivity index (χ1) is 8.70. The molecule has 1 heterocycles. The third-order valence-corrected chi connectivity index (χ3v) is 3.02. The molecule has 18 heavy (non-hydrogen) atoms. The second-order valence-corrected chi connectivity index (χ2v) is 4.48. The average Bonchev–Trinajstić information content (AvgIpc) is 2.90. The van der Waals surface area contributed by atoms with Crippen LogP contribution in [0.4, 0.5) is 0 Å². The molecule has 94 valence electrons. The summed E-state index contributed by atoms with van der Waals surface area (Å²) in [6, 6.07) is 8.96. The Labute approximate surface area is 113 Å². The van der Waals surface area contributed by atoms with Crippen LogP contribution < -0.4 is 4.74 Å². The zero-order valence-corrected chi connectivity index (χ0v) is 11.4. The molecule has 1 aromatic carbocycles. The number of methoxy groups -OCH3 is 1. The predicted molar refractivity (Wildman–Crippen MR) is 70.6 cm³/mol. The van der Waals surface area contributed by atoms with E-state index in [1.54, 1.807) is 25.4 Å². The van der Waals surface area contributed by atoms with Crippen LogP contribution in [-0.2, 0) is 11.3 Å². The summed E-state index contributed by atoms with van der Waals surface area (Å²) in [5, 5.41) is 0. The minimum absolute atomic E-state index is 0.223. The molecule has 0 aliphatic carbocycles. The van der Waals surface area contributed by atoms with Crippen molar-refractivity contribution < 1.29 is 14.3 Å². The third kappa shape index (κ3) is 2.92. The number of aromatic nitrogens is 1. The molecule has 0 radical (unpaired) electrons. The molecule has 0 amide bonds. The summed E-state index contributed by atoms with van der Waals surface area (Å²) in [6.45, 7) is 0.223. The fraction of sp³-hybridized carbons (Fsp3) is 0.154. The van der Waals surface area contributed by atoms with Gasteiger partial charge in [0.15, 0.2) is 0 Å². The maximum atomic E-state index is 11.6. The molecule has 5 heteroatoms. The van der Waals surface area contributed by atoms with E-state index in [0.29, 0.717) is 5.69 Å². The molecular formula is C13H12BrNO3. The quantitative estimate of drug-likeness (QED) is 0.883. The van der Waals surface area contributed by atoms with Crippen LogP contribution in [0.25, 0.3) is 0 Å². The number of aromatic amines is 1. The Morgan fingerprint density at radius 3 is 2.83 bits per heavy atom. The Bertz CT molecular complexity index is 537.